The van der Waals surface area contributed by atoms with Gasteiger partial charge in [-0.25, -0.2) is 14.2 Å². The third-order valence-electron chi connectivity index (χ3n) is 5.88. The molecule has 8 nitrogen and oxygen atoms in total. The van der Waals surface area contributed by atoms with Crippen LogP contribution in [0.3, 0.4) is 0 Å². The molecule has 2 aliphatic rings. The molecule has 0 aromatic heterocycles. The zero-order chi connectivity index (χ0) is 25.8. The molecule has 10 heteroatoms. The largest absolute Gasteiger partial charge is 0.497 e. The third-order valence-corrected chi connectivity index (χ3v) is 6.77. The number of carbonyl (C=O) groups excluding carboxylic acids is 2. The number of hydrogen-bond donors (Lipinski definition) is 1. The molecule has 0 unspecified atom stereocenters. The van der Waals surface area contributed by atoms with Crippen LogP contribution in [-0.2, 0) is 20.9 Å². The van der Waals surface area contributed by atoms with Crippen LogP contribution in [0.15, 0.2) is 69.8 Å². The van der Waals surface area contributed by atoms with Gasteiger partial charge in [0.1, 0.15) is 17.3 Å². The van der Waals surface area contributed by atoms with E-state index in [1.54, 1.807) is 51.5 Å². The van der Waals surface area contributed by atoms with Crippen molar-refractivity contribution < 1.29 is 28.2 Å². The van der Waals surface area contributed by atoms with Crippen LogP contribution in [0.25, 0.3) is 0 Å². The Kier molecular flexibility index (Phi) is 7.64. The van der Waals surface area contributed by atoms with Crippen molar-refractivity contribution in [1.82, 2.24) is 10.2 Å². The molecular weight excluding hydrogens is 485 g/mol. The zero-order valence-corrected chi connectivity index (χ0v) is 21.1. The van der Waals surface area contributed by atoms with Crippen LogP contribution in [0, 0.1) is 5.82 Å². The summed E-state index contributed by atoms with van der Waals surface area (Å²) in [6, 6.07) is 10.6. The summed E-state index contributed by atoms with van der Waals surface area (Å²) in [5.41, 5.74) is 2.98. The fourth-order valence-corrected chi connectivity index (χ4v) is 5.08. The second-order valence-corrected chi connectivity index (χ2v) is 8.91. The Morgan fingerprint density at radius 1 is 1.11 bits per heavy atom. The number of carbonyl (C=O) groups is 2. The van der Waals surface area contributed by atoms with Gasteiger partial charge in [-0.2, -0.15) is 0 Å². The Labute approximate surface area is 212 Å². The number of thioether (sulfide) groups is 1. The van der Waals surface area contributed by atoms with E-state index >= 15 is 0 Å². The highest BCUT2D eigenvalue weighted by Crippen LogP contribution is 2.47. The molecule has 4 rings (SSSR count). The van der Waals surface area contributed by atoms with E-state index in [1.165, 1.54) is 31.0 Å². The Morgan fingerprint density at radius 2 is 1.86 bits per heavy atom. The third kappa shape index (κ3) is 5.08. The standard InChI is InChI=1S/C26H26FN3O5S/c1-15-23(25(32)35-4)24(20-12-19(33-2)9-10-21(20)34-3)30-18(14-36-26(30)29-15)11-22(31)28-13-16-5-7-17(27)8-6-16/h5-10,12,14,24H,11,13H2,1-4H3,(H,28,31)/t24-/m1/s1. The number of nitrogens with one attached hydrogen (secondary N) is 1. The molecular formula is C26H26FN3O5S. The van der Waals surface area contributed by atoms with Crippen molar-refractivity contribution >= 4 is 28.8 Å². The van der Waals surface area contributed by atoms with E-state index in [0.717, 1.165) is 5.56 Å². The van der Waals surface area contributed by atoms with Gasteiger partial charge in [-0.3, -0.25) is 4.79 Å². The lowest BCUT2D eigenvalue weighted by Crippen LogP contribution is -2.38. The van der Waals surface area contributed by atoms with E-state index in [-0.39, 0.29) is 24.7 Å². The minimum Gasteiger partial charge on any atom is -0.497 e. The Morgan fingerprint density at radius 3 is 2.53 bits per heavy atom. The molecule has 2 aromatic carbocycles. The number of hydrogen-bond acceptors (Lipinski definition) is 8. The summed E-state index contributed by atoms with van der Waals surface area (Å²) in [7, 11) is 4.43. The smallest absolute Gasteiger partial charge is 0.338 e. The summed E-state index contributed by atoms with van der Waals surface area (Å²) >= 11 is 1.37. The second-order valence-electron chi connectivity index (χ2n) is 8.07. The maximum absolute atomic E-state index is 13.2. The highest BCUT2D eigenvalue weighted by Gasteiger charge is 2.42. The molecule has 1 atom stereocenters. The molecule has 2 aromatic rings. The number of allylic oxidation sites excluding steroid dienone is 1. The van der Waals surface area contributed by atoms with Gasteiger partial charge in [0, 0.05) is 17.8 Å². The van der Waals surface area contributed by atoms with Gasteiger partial charge in [-0.05, 0) is 48.2 Å². The van der Waals surface area contributed by atoms with Gasteiger partial charge in [0.05, 0.1) is 45.1 Å². The Balaban J connectivity index is 1.66. The Bertz CT molecular complexity index is 1270. The zero-order valence-electron chi connectivity index (χ0n) is 20.3. The molecule has 0 saturated carbocycles. The quantitative estimate of drug-likeness (QED) is 0.529. The minimum absolute atomic E-state index is 0.0451. The van der Waals surface area contributed by atoms with Crippen LogP contribution in [-0.4, -0.2) is 43.3 Å². The van der Waals surface area contributed by atoms with Crippen molar-refractivity contribution in [3.8, 4) is 11.5 Å². The lowest BCUT2D eigenvalue weighted by atomic mass is 9.93. The highest BCUT2D eigenvalue weighted by atomic mass is 32.2. The minimum atomic E-state index is -0.652. The van der Waals surface area contributed by atoms with Gasteiger partial charge in [-0.1, -0.05) is 23.9 Å². The van der Waals surface area contributed by atoms with Crippen molar-refractivity contribution in [2.75, 3.05) is 21.3 Å². The number of esters is 1. The van der Waals surface area contributed by atoms with Gasteiger partial charge < -0.3 is 24.4 Å². The average Bonchev–Trinajstić information content (AvgIpc) is 3.28. The number of rotatable bonds is 8. The summed E-state index contributed by atoms with van der Waals surface area (Å²) in [5, 5.41) is 5.35. The molecule has 1 N–H and O–H groups in total. The number of ether oxygens (including phenoxy) is 3. The van der Waals surface area contributed by atoms with E-state index in [1.807, 2.05) is 10.3 Å². The number of benzene rings is 2. The number of nitrogens with zero attached hydrogens (tertiary/aromatic N) is 2. The summed E-state index contributed by atoms with van der Waals surface area (Å²) in [6.07, 6.45) is 0.0451. The van der Waals surface area contributed by atoms with E-state index in [0.29, 0.717) is 39.2 Å². The predicted molar refractivity (Wildman–Crippen MR) is 135 cm³/mol. The summed E-state index contributed by atoms with van der Waals surface area (Å²) in [6.45, 7) is 2.02. The second kappa shape index (κ2) is 10.9. The van der Waals surface area contributed by atoms with Crippen molar-refractivity contribution in [1.29, 1.82) is 0 Å². The molecule has 188 valence electrons. The Hall–Kier alpha value is -3.79. The maximum Gasteiger partial charge on any atom is 0.338 e. The molecule has 2 heterocycles. The molecule has 0 spiro atoms. The number of aliphatic imine (C=N–C) groups is 1. The molecule has 0 radical (unpaired) electrons. The first-order valence-corrected chi connectivity index (χ1v) is 12.0. The first kappa shape index (κ1) is 25.3. The molecule has 36 heavy (non-hydrogen) atoms. The number of amidine groups is 1. The fourth-order valence-electron chi connectivity index (χ4n) is 4.12. The topological polar surface area (TPSA) is 89.5 Å². The average molecular weight is 512 g/mol. The molecule has 0 bridgehead atoms. The van der Waals surface area contributed by atoms with Crippen molar-refractivity contribution in [3.63, 3.8) is 0 Å². The lowest BCUT2D eigenvalue weighted by molar-refractivity contribution is -0.136. The van der Waals surface area contributed by atoms with Crippen LogP contribution in [0.5, 0.6) is 11.5 Å². The van der Waals surface area contributed by atoms with Gasteiger partial charge in [0.2, 0.25) is 5.91 Å². The predicted octanol–water partition coefficient (Wildman–Crippen LogP) is 4.30. The van der Waals surface area contributed by atoms with Gasteiger partial charge in [0.25, 0.3) is 0 Å². The number of amides is 1. The van der Waals surface area contributed by atoms with E-state index in [9.17, 15) is 14.0 Å². The molecule has 1 amide bonds. The van der Waals surface area contributed by atoms with Crippen LogP contribution >= 0.6 is 11.8 Å². The summed E-state index contributed by atoms with van der Waals surface area (Å²) < 4.78 is 29.3. The van der Waals surface area contributed by atoms with E-state index in [4.69, 9.17) is 14.2 Å². The van der Waals surface area contributed by atoms with Crippen LogP contribution in [0.4, 0.5) is 4.39 Å². The summed E-state index contributed by atoms with van der Waals surface area (Å²) in [5.74, 6) is 0.0511. The fraction of sp³-hybridized carbons (Fsp3) is 0.269. The van der Waals surface area contributed by atoms with Crippen LogP contribution in [0.1, 0.15) is 30.5 Å². The molecule has 0 saturated heterocycles. The van der Waals surface area contributed by atoms with Crippen molar-refractivity contribution in [2.45, 2.75) is 25.9 Å². The van der Waals surface area contributed by atoms with Crippen LogP contribution < -0.4 is 14.8 Å². The number of halogens is 1. The van der Waals surface area contributed by atoms with E-state index in [2.05, 4.69) is 10.3 Å². The first-order valence-electron chi connectivity index (χ1n) is 11.1. The van der Waals surface area contributed by atoms with Crippen molar-refractivity contribution in [3.05, 3.63) is 81.8 Å². The SMILES string of the molecule is COC(=O)C1=C(C)N=C2SC=C(CC(=O)NCc3ccc(F)cc3)N2[C@@H]1c1cc(OC)ccc1OC. The number of methoxy groups -OCH3 is 3. The monoisotopic (exact) mass is 511 g/mol. The first-order chi connectivity index (χ1) is 17.4. The van der Waals surface area contributed by atoms with Crippen LogP contribution in [0.2, 0.25) is 0 Å². The number of fused-ring (bicyclic) bond motifs is 1. The van der Waals surface area contributed by atoms with Gasteiger partial charge in [-0.15, -0.1) is 0 Å². The van der Waals surface area contributed by atoms with Crippen molar-refractivity contribution in [2.24, 2.45) is 4.99 Å². The lowest BCUT2D eigenvalue weighted by Gasteiger charge is -2.36. The van der Waals surface area contributed by atoms with Gasteiger partial charge in [0.15, 0.2) is 5.17 Å². The highest BCUT2D eigenvalue weighted by molar-refractivity contribution is 8.16. The summed E-state index contributed by atoms with van der Waals surface area (Å²) in [4.78, 5) is 32.3. The normalized spacial score (nSPS) is 16.7. The molecule has 0 fully saturated rings. The maximum atomic E-state index is 13.2. The van der Waals surface area contributed by atoms with E-state index < -0.39 is 12.0 Å². The molecule has 2 aliphatic heterocycles. The van der Waals surface area contributed by atoms with Gasteiger partial charge >= 0.3 is 5.97 Å². The molecule has 0 aliphatic carbocycles.